The van der Waals surface area contributed by atoms with E-state index in [-0.39, 0.29) is 11.7 Å². The third-order valence-corrected chi connectivity index (χ3v) is 4.04. The molecule has 0 unspecified atom stereocenters. The van der Waals surface area contributed by atoms with Crippen LogP contribution in [0.5, 0.6) is 0 Å². The fraction of sp³-hybridized carbons (Fsp3) is 0.357. The van der Waals surface area contributed by atoms with E-state index in [9.17, 15) is 4.79 Å². The highest BCUT2D eigenvalue weighted by molar-refractivity contribution is 7.99. The van der Waals surface area contributed by atoms with E-state index in [1.54, 1.807) is 19.5 Å². The number of nitrogens with one attached hydrogen (secondary N) is 1. The van der Waals surface area contributed by atoms with Crippen molar-refractivity contribution in [2.45, 2.75) is 18.2 Å². The van der Waals surface area contributed by atoms with Gasteiger partial charge in [0, 0.05) is 25.2 Å². The molecular formula is C14H17ClN4O2S. The zero-order chi connectivity index (χ0) is 15.8. The van der Waals surface area contributed by atoms with Crippen molar-refractivity contribution in [1.82, 2.24) is 20.1 Å². The van der Waals surface area contributed by atoms with Crippen LogP contribution >= 0.6 is 23.4 Å². The summed E-state index contributed by atoms with van der Waals surface area (Å²) in [6.07, 6.45) is 1.63. The van der Waals surface area contributed by atoms with Gasteiger partial charge in [-0.1, -0.05) is 35.5 Å². The molecule has 0 aliphatic rings. The molecule has 0 atom stereocenters. The van der Waals surface area contributed by atoms with E-state index in [0.717, 1.165) is 5.56 Å². The van der Waals surface area contributed by atoms with E-state index in [0.29, 0.717) is 29.9 Å². The van der Waals surface area contributed by atoms with E-state index in [1.807, 2.05) is 22.8 Å². The molecule has 2 aromatic rings. The van der Waals surface area contributed by atoms with Gasteiger partial charge in [0.2, 0.25) is 5.91 Å². The molecule has 0 spiro atoms. The van der Waals surface area contributed by atoms with Gasteiger partial charge in [0.05, 0.1) is 12.4 Å². The van der Waals surface area contributed by atoms with E-state index in [4.69, 9.17) is 16.3 Å². The van der Waals surface area contributed by atoms with Gasteiger partial charge in [0.15, 0.2) is 5.16 Å². The Hall–Kier alpha value is -1.57. The number of thioether (sulfide) groups is 1. The first-order valence-electron chi connectivity index (χ1n) is 6.69. The zero-order valence-corrected chi connectivity index (χ0v) is 13.7. The number of rotatable bonds is 8. The molecule has 1 amide bonds. The number of hydrogen-bond donors (Lipinski definition) is 1. The number of aromatic nitrogens is 3. The van der Waals surface area contributed by atoms with E-state index in [2.05, 4.69) is 15.5 Å². The Morgan fingerprint density at radius 2 is 2.36 bits per heavy atom. The van der Waals surface area contributed by atoms with Crippen LogP contribution in [0.25, 0.3) is 0 Å². The maximum Gasteiger partial charge on any atom is 0.230 e. The lowest BCUT2D eigenvalue weighted by Gasteiger charge is -2.07. The first-order chi connectivity index (χ1) is 10.7. The Balaban J connectivity index is 1.77. The molecule has 0 radical (unpaired) electrons. The molecule has 1 N–H and O–H groups in total. The van der Waals surface area contributed by atoms with Gasteiger partial charge in [-0.05, 0) is 17.7 Å². The third-order valence-electron chi connectivity index (χ3n) is 2.83. The molecule has 0 aliphatic heterocycles. The van der Waals surface area contributed by atoms with Crippen LogP contribution in [0.2, 0.25) is 5.02 Å². The molecule has 6 nitrogen and oxygen atoms in total. The quantitative estimate of drug-likeness (QED) is 0.744. The van der Waals surface area contributed by atoms with Gasteiger partial charge in [-0.25, -0.2) is 0 Å². The molecule has 118 valence electrons. The lowest BCUT2D eigenvalue weighted by atomic mass is 10.2. The molecule has 22 heavy (non-hydrogen) atoms. The highest BCUT2D eigenvalue weighted by Gasteiger charge is 2.08. The summed E-state index contributed by atoms with van der Waals surface area (Å²) < 4.78 is 6.88. The van der Waals surface area contributed by atoms with Gasteiger partial charge in [-0.3, -0.25) is 4.79 Å². The zero-order valence-electron chi connectivity index (χ0n) is 12.2. The second kappa shape index (κ2) is 8.77. The van der Waals surface area contributed by atoms with Crippen LogP contribution in [-0.2, 0) is 22.6 Å². The second-order valence-electron chi connectivity index (χ2n) is 4.50. The SMILES string of the molecule is COCCn1cnnc1SCC(=O)NCc1cccc(Cl)c1. The molecular weight excluding hydrogens is 324 g/mol. The van der Waals surface area contributed by atoms with E-state index < -0.39 is 0 Å². The lowest BCUT2D eigenvalue weighted by Crippen LogP contribution is -2.24. The second-order valence-corrected chi connectivity index (χ2v) is 5.87. The van der Waals surface area contributed by atoms with Crippen LogP contribution in [0.1, 0.15) is 5.56 Å². The Morgan fingerprint density at radius 3 is 3.14 bits per heavy atom. The van der Waals surface area contributed by atoms with Gasteiger partial charge in [0.25, 0.3) is 0 Å². The standard InChI is InChI=1S/C14H17ClN4O2S/c1-21-6-5-19-10-17-18-14(19)22-9-13(20)16-8-11-3-2-4-12(15)7-11/h2-4,7,10H,5-6,8-9H2,1H3,(H,16,20). The fourth-order valence-corrected chi connectivity index (χ4v) is 2.71. The number of halogens is 1. The topological polar surface area (TPSA) is 69.0 Å². The summed E-state index contributed by atoms with van der Waals surface area (Å²) in [5, 5.41) is 12.1. The number of nitrogens with zero attached hydrogens (tertiary/aromatic N) is 3. The summed E-state index contributed by atoms with van der Waals surface area (Å²) in [7, 11) is 1.64. The highest BCUT2D eigenvalue weighted by atomic mass is 35.5. The minimum absolute atomic E-state index is 0.0636. The summed E-state index contributed by atoms with van der Waals surface area (Å²) >= 11 is 7.25. The first kappa shape index (κ1) is 16.8. The van der Waals surface area contributed by atoms with Gasteiger partial charge >= 0.3 is 0 Å². The number of benzene rings is 1. The molecule has 0 bridgehead atoms. The number of carbonyl (C=O) groups is 1. The summed E-state index contributed by atoms with van der Waals surface area (Å²) in [6.45, 7) is 1.69. The van der Waals surface area contributed by atoms with Crippen molar-refractivity contribution in [2.24, 2.45) is 0 Å². The largest absolute Gasteiger partial charge is 0.383 e. The van der Waals surface area contributed by atoms with Gasteiger partial charge in [0.1, 0.15) is 6.33 Å². The Morgan fingerprint density at radius 1 is 1.50 bits per heavy atom. The van der Waals surface area contributed by atoms with Crippen molar-refractivity contribution in [3.8, 4) is 0 Å². The molecule has 1 aromatic carbocycles. The Bertz CT molecular complexity index is 620. The predicted octanol–water partition coefficient (Wildman–Crippen LogP) is 1.99. The number of ether oxygens (including phenoxy) is 1. The molecule has 8 heteroatoms. The molecule has 0 saturated heterocycles. The van der Waals surface area contributed by atoms with Crippen molar-refractivity contribution in [3.63, 3.8) is 0 Å². The van der Waals surface area contributed by atoms with Crippen molar-refractivity contribution < 1.29 is 9.53 Å². The van der Waals surface area contributed by atoms with Crippen molar-refractivity contribution in [1.29, 1.82) is 0 Å². The normalized spacial score (nSPS) is 10.6. The van der Waals surface area contributed by atoms with Gasteiger partial charge in [-0.15, -0.1) is 10.2 Å². The molecule has 0 saturated carbocycles. The average Bonchev–Trinajstić information content (AvgIpc) is 2.96. The van der Waals surface area contributed by atoms with Crippen molar-refractivity contribution in [2.75, 3.05) is 19.5 Å². The third kappa shape index (κ3) is 5.32. The predicted molar refractivity (Wildman–Crippen MR) is 85.9 cm³/mol. The molecule has 0 fully saturated rings. The minimum Gasteiger partial charge on any atom is -0.383 e. The molecule has 0 aliphatic carbocycles. The van der Waals surface area contributed by atoms with Crippen molar-refractivity contribution >= 4 is 29.3 Å². The molecule has 1 heterocycles. The fourth-order valence-electron chi connectivity index (χ4n) is 1.73. The number of amides is 1. The van der Waals surface area contributed by atoms with E-state index >= 15 is 0 Å². The summed E-state index contributed by atoms with van der Waals surface area (Å²) in [5.74, 6) is 0.220. The van der Waals surface area contributed by atoms with Crippen LogP contribution < -0.4 is 5.32 Å². The number of carbonyl (C=O) groups excluding carboxylic acids is 1. The maximum atomic E-state index is 11.9. The summed E-state index contributed by atoms with van der Waals surface area (Å²) in [6, 6.07) is 7.41. The molecule has 1 aromatic heterocycles. The monoisotopic (exact) mass is 340 g/mol. The van der Waals surface area contributed by atoms with Crippen LogP contribution in [0.3, 0.4) is 0 Å². The Labute approximate surface area is 138 Å². The van der Waals surface area contributed by atoms with Crippen molar-refractivity contribution in [3.05, 3.63) is 41.2 Å². The van der Waals surface area contributed by atoms with Gasteiger partial charge < -0.3 is 14.6 Å². The number of hydrogen-bond acceptors (Lipinski definition) is 5. The average molecular weight is 341 g/mol. The smallest absolute Gasteiger partial charge is 0.230 e. The maximum absolute atomic E-state index is 11.9. The molecule has 2 rings (SSSR count). The Kier molecular flexibility index (Phi) is 6.70. The highest BCUT2D eigenvalue weighted by Crippen LogP contribution is 2.14. The van der Waals surface area contributed by atoms with Crippen LogP contribution in [0.4, 0.5) is 0 Å². The first-order valence-corrected chi connectivity index (χ1v) is 8.06. The van der Waals surface area contributed by atoms with Crippen LogP contribution in [0, 0.1) is 0 Å². The van der Waals surface area contributed by atoms with Crippen LogP contribution in [-0.4, -0.2) is 40.1 Å². The summed E-state index contributed by atoms with van der Waals surface area (Å²) in [4.78, 5) is 11.9. The van der Waals surface area contributed by atoms with Gasteiger partial charge in [-0.2, -0.15) is 0 Å². The lowest BCUT2D eigenvalue weighted by molar-refractivity contribution is -0.118. The summed E-state index contributed by atoms with van der Waals surface area (Å²) in [5.41, 5.74) is 0.967. The van der Waals surface area contributed by atoms with Crippen LogP contribution in [0.15, 0.2) is 35.7 Å². The van der Waals surface area contributed by atoms with E-state index in [1.165, 1.54) is 11.8 Å². The number of methoxy groups -OCH3 is 1. The minimum atomic E-state index is -0.0636.